The van der Waals surface area contributed by atoms with Gasteiger partial charge < -0.3 is 15.8 Å². The Morgan fingerprint density at radius 2 is 2.19 bits per heavy atom. The van der Waals surface area contributed by atoms with Gasteiger partial charge in [0.15, 0.2) is 5.17 Å². The first kappa shape index (κ1) is 17.9. The number of hydrogen-bond acceptors (Lipinski definition) is 6. The molecule has 1 amide bonds. The van der Waals surface area contributed by atoms with Crippen LogP contribution in [-0.2, 0) is 10.3 Å². The number of carbonyl (C=O) groups excluding carboxylic acids is 1. The summed E-state index contributed by atoms with van der Waals surface area (Å²) >= 11 is 1.42. The molecule has 1 aromatic heterocycles. The fourth-order valence-electron chi connectivity index (χ4n) is 3.33. The number of rotatable bonds is 3. The van der Waals surface area contributed by atoms with Gasteiger partial charge in [-0.25, -0.2) is 18.8 Å². The van der Waals surface area contributed by atoms with Crippen LogP contribution in [0.4, 0.5) is 14.5 Å². The highest BCUT2D eigenvalue weighted by molar-refractivity contribution is 8.13. The minimum Gasteiger partial charge on any atom is -0.379 e. The molecule has 0 saturated carbocycles. The van der Waals surface area contributed by atoms with Crippen molar-refractivity contribution >= 4 is 28.5 Å². The number of nitrogens with one attached hydrogen (secondary N) is 1. The van der Waals surface area contributed by atoms with Gasteiger partial charge in [0.1, 0.15) is 22.9 Å². The van der Waals surface area contributed by atoms with Gasteiger partial charge in [-0.15, -0.1) is 0 Å². The summed E-state index contributed by atoms with van der Waals surface area (Å²) in [5.41, 5.74) is 5.77. The molecule has 6 nitrogen and oxygen atoms in total. The molecule has 9 heteroatoms. The summed E-state index contributed by atoms with van der Waals surface area (Å²) in [6.07, 6.45) is 0.960. The average Bonchev–Trinajstić information content (AvgIpc) is 3.07. The average molecular weight is 390 g/mol. The monoisotopic (exact) mass is 390 g/mol. The van der Waals surface area contributed by atoms with Crippen LogP contribution in [0.25, 0.3) is 0 Å². The van der Waals surface area contributed by atoms with Gasteiger partial charge in [0.25, 0.3) is 5.91 Å². The van der Waals surface area contributed by atoms with Gasteiger partial charge in [0.2, 0.25) is 0 Å². The topological polar surface area (TPSA) is 89.6 Å². The second-order valence-corrected chi connectivity index (χ2v) is 7.45. The van der Waals surface area contributed by atoms with E-state index in [1.165, 1.54) is 30.0 Å². The van der Waals surface area contributed by atoms with Crippen molar-refractivity contribution in [2.75, 3.05) is 24.3 Å². The number of halogens is 2. The zero-order chi connectivity index (χ0) is 19.0. The molecule has 2 aliphatic heterocycles. The van der Waals surface area contributed by atoms with Gasteiger partial charge in [-0.3, -0.25) is 4.79 Å². The maximum Gasteiger partial charge on any atom is 0.274 e. The zero-order valence-electron chi connectivity index (χ0n) is 14.1. The van der Waals surface area contributed by atoms with E-state index < -0.39 is 23.1 Å². The molecule has 0 radical (unpaired) electrons. The number of amides is 1. The number of pyridine rings is 1. The van der Waals surface area contributed by atoms with Crippen LogP contribution in [0, 0.1) is 17.6 Å². The van der Waals surface area contributed by atoms with Gasteiger partial charge in [-0.05, 0) is 30.3 Å². The van der Waals surface area contributed by atoms with E-state index in [2.05, 4.69) is 15.3 Å². The molecule has 3 N–H and O–H groups in total. The van der Waals surface area contributed by atoms with Crippen molar-refractivity contribution in [1.29, 1.82) is 0 Å². The minimum absolute atomic E-state index is 0.00554. The Hall–Kier alpha value is -2.52. The number of aromatic nitrogens is 1. The SMILES string of the molecule is NC1=NC2(c3cc(NC(=O)c4ccc(F)cn4)ccc3F)COCC2CS1. The number of nitrogens with two attached hydrogens (primary N) is 1. The third kappa shape index (κ3) is 3.28. The Balaban J connectivity index is 1.67. The Kier molecular flexibility index (Phi) is 4.56. The smallest absolute Gasteiger partial charge is 0.274 e. The lowest BCUT2D eigenvalue weighted by Gasteiger charge is -2.34. The van der Waals surface area contributed by atoms with Crippen LogP contribution in [0.15, 0.2) is 41.5 Å². The molecular formula is C18H16F2N4O2S. The predicted octanol–water partition coefficient (Wildman–Crippen LogP) is 2.52. The molecule has 3 heterocycles. The van der Waals surface area contributed by atoms with Crippen molar-refractivity contribution in [2.24, 2.45) is 16.6 Å². The maximum absolute atomic E-state index is 14.7. The number of nitrogens with zero attached hydrogens (tertiary/aromatic N) is 2. The lowest BCUT2D eigenvalue weighted by molar-refractivity contribution is 0.102. The molecule has 0 bridgehead atoms. The largest absolute Gasteiger partial charge is 0.379 e. The van der Waals surface area contributed by atoms with E-state index in [-0.39, 0.29) is 18.2 Å². The Morgan fingerprint density at radius 1 is 1.33 bits per heavy atom. The molecule has 2 unspecified atom stereocenters. The number of hydrogen-bond donors (Lipinski definition) is 2. The van der Waals surface area contributed by atoms with Crippen LogP contribution >= 0.6 is 11.8 Å². The molecular weight excluding hydrogens is 374 g/mol. The highest BCUT2D eigenvalue weighted by Crippen LogP contribution is 2.45. The third-order valence-electron chi connectivity index (χ3n) is 4.71. The van der Waals surface area contributed by atoms with Crippen molar-refractivity contribution in [3.8, 4) is 0 Å². The molecule has 4 rings (SSSR count). The van der Waals surface area contributed by atoms with Crippen LogP contribution in [0.3, 0.4) is 0 Å². The molecule has 1 saturated heterocycles. The van der Waals surface area contributed by atoms with E-state index in [0.29, 0.717) is 28.8 Å². The Bertz CT molecular complexity index is 922. The second kappa shape index (κ2) is 6.90. The summed E-state index contributed by atoms with van der Waals surface area (Å²) < 4.78 is 33.2. The quantitative estimate of drug-likeness (QED) is 0.841. The first-order valence-electron chi connectivity index (χ1n) is 8.27. The van der Waals surface area contributed by atoms with Crippen LogP contribution < -0.4 is 11.1 Å². The number of benzene rings is 1. The van der Waals surface area contributed by atoms with E-state index in [0.717, 1.165) is 12.3 Å². The number of thioether (sulfide) groups is 1. The van der Waals surface area contributed by atoms with Gasteiger partial charge in [0, 0.05) is 22.9 Å². The molecule has 1 fully saturated rings. The Morgan fingerprint density at radius 3 is 2.96 bits per heavy atom. The molecule has 0 spiro atoms. The van der Waals surface area contributed by atoms with E-state index in [1.54, 1.807) is 6.07 Å². The van der Waals surface area contributed by atoms with Crippen LogP contribution in [-0.4, -0.2) is 35.0 Å². The van der Waals surface area contributed by atoms with Crippen LogP contribution in [0.5, 0.6) is 0 Å². The minimum atomic E-state index is -0.895. The van der Waals surface area contributed by atoms with Crippen molar-refractivity contribution in [1.82, 2.24) is 4.98 Å². The number of anilines is 1. The number of ether oxygens (including phenoxy) is 1. The fraction of sp³-hybridized carbons (Fsp3) is 0.278. The lowest BCUT2D eigenvalue weighted by atomic mass is 9.81. The van der Waals surface area contributed by atoms with E-state index in [9.17, 15) is 13.6 Å². The summed E-state index contributed by atoms with van der Waals surface area (Å²) in [5.74, 6) is -0.815. The fourth-order valence-corrected chi connectivity index (χ4v) is 4.31. The summed E-state index contributed by atoms with van der Waals surface area (Å²) in [6.45, 7) is 0.700. The van der Waals surface area contributed by atoms with Crippen molar-refractivity contribution in [2.45, 2.75) is 5.54 Å². The van der Waals surface area contributed by atoms with Gasteiger partial charge in [-0.2, -0.15) is 0 Å². The Labute approximate surface area is 158 Å². The van der Waals surface area contributed by atoms with Crippen molar-refractivity contribution in [3.05, 3.63) is 59.4 Å². The van der Waals surface area contributed by atoms with Gasteiger partial charge in [-0.1, -0.05) is 11.8 Å². The van der Waals surface area contributed by atoms with Gasteiger partial charge in [0.05, 0.1) is 19.4 Å². The van der Waals surface area contributed by atoms with Gasteiger partial charge >= 0.3 is 0 Å². The number of amidine groups is 1. The number of fused-ring (bicyclic) bond motifs is 1. The van der Waals surface area contributed by atoms with E-state index in [1.807, 2.05) is 0 Å². The molecule has 27 heavy (non-hydrogen) atoms. The standard InChI is InChI=1S/C18H16F2N4O2S/c19-11-1-4-15(22-6-11)16(25)23-12-2-3-14(20)13(5-12)18-9-26-7-10(18)8-27-17(21)24-18/h1-6,10H,7-9H2,(H2,21,24)(H,23,25). The maximum atomic E-state index is 14.7. The second-order valence-electron chi connectivity index (χ2n) is 6.41. The molecule has 0 aliphatic carbocycles. The summed E-state index contributed by atoms with van der Waals surface area (Å²) in [5, 5.41) is 3.05. The number of carbonyl (C=O) groups is 1. The van der Waals surface area contributed by atoms with Crippen LogP contribution in [0.2, 0.25) is 0 Å². The highest BCUT2D eigenvalue weighted by Gasteiger charge is 2.49. The first-order valence-corrected chi connectivity index (χ1v) is 9.25. The third-order valence-corrected chi connectivity index (χ3v) is 5.67. The zero-order valence-corrected chi connectivity index (χ0v) is 14.9. The summed E-state index contributed by atoms with van der Waals surface area (Å²) in [7, 11) is 0. The molecule has 2 aliphatic rings. The first-order chi connectivity index (χ1) is 13.0. The van der Waals surface area contributed by atoms with E-state index in [4.69, 9.17) is 10.5 Å². The predicted molar refractivity (Wildman–Crippen MR) is 98.6 cm³/mol. The highest BCUT2D eigenvalue weighted by atomic mass is 32.2. The van der Waals surface area contributed by atoms with Crippen LogP contribution in [0.1, 0.15) is 16.1 Å². The summed E-state index contributed by atoms with van der Waals surface area (Å²) in [4.78, 5) is 20.6. The lowest BCUT2D eigenvalue weighted by Crippen LogP contribution is -2.40. The van der Waals surface area contributed by atoms with Crippen molar-refractivity contribution in [3.63, 3.8) is 0 Å². The van der Waals surface area contributed by atoms with Crippen molar-refractivity contribution < 1.29 is 18.3 Å². The molecule has 2 atom stereocenters. The van der Waals surface area contributed by atoms with E-state index >= 15 is 0 Å². The number of aliphatic imine (C=N–C) groups is 1. The molecule has 1 aromatic carbocycles. The summed E-state index contributed by atoms with van der Waals surface area (Å²) in [6, 6.07) is 6.70. The molecule has 2 aromatic rings. The normalized spacial score (nSPS) is 24.2. The molecule has 140 valence electrons.